The molecule has 0 saturated carbocycles. The van der Waals surface area contributed by atoms with Crippen LogP contribution >= 0.6 is 23.8 Å². The number of thiocarbonyl (C=S) groups is 1. The van der Waals surface area contributed by atoms with Gasteiger partial charge in [0.25, 0.3) is 5.91 Å². The van der Waals surface area contributed by atoms with E-state index in [1.54, 1.807) is 0 Å². The highest BCUT2D eigenvalue weighted by atomic mass is 35.5. The summed E-state index contributed by atoms with van der Waals surface area (Å²) in [5.74, 6) is 0.170. The predicted octanol–water partition coefficient (Wildman–Crippen LogP) is 4.43. The van der Waals surface area contributed by atoms with E-state index in [4.69, 9.17) is 28.6 Å². The van der Waals surface area contributed by atoms with Gasteiger partial charge >= 0.3 is 0 Å². The molecule has 28 heavy (non-hydrogen) atoms. The van der Waals surface area contributed by atoms with Gasteiger partial charge in [-0.1, -0.05) is 43.6 Å². The van der Waals surface area contributed by atoms with Gasteiger partial charge in [0.05, 0.1) is 29.6 Å². The van der Waals surface area contributed by atoms with E-state index in [9.17, 15) is 4.79 Å². The summed E-state index contributed by atoms with van der Waals surface area (Å²) in [6.07, 6.45) is 0. The largest absolute Gasteiger partial charge is 0.378 e. The van der Waals surface area contributed by atoms with Crippen molar-refractivity contribution in [3.8, 4) is 0 Å². The average Bonchev–Trinajstić information content (AvgIpc) is 2.68. The molecule has 2 aromatic carbocycles. The van der Waals surface area contributed by atoms with E-state index in [2.05, 4.69) is 29.4 Å². The molecule has 0 bridgehead atoms. The second-order valence-corrected chi connectivity index (χ2v) is 7.74. The minimum atomic E-state index is -0.247. The molecule has 0 aliphatic carbocycles. The van der Waals surface area contributed by atoms with E-state index < -0.39 is 0 Å². The molecule has 0 spiro atoms. The van der Waals surface area contributed by atoms with Crippen molar-refractivity contribution in [3.63, 3.8) is 0 Å². The minimum Gasteiger partial charge on any atom is -0.378 e. The van der Waals surface area contributed by atoms with Gasteiger partial charge in [0.1, 0.15) is 0 Å². The summed E-state index contributed by atoms with van der Waals surface area (Å²) in [5.41, 5.74) is 3.37. The molecule has 1 amide bonds. The fourth-order valence-corrected chi connectivity index (χ4v) is 3.57. The Labute approximate surface area is 176 Å². The summed E-state index contributed by atoms with van der Waals surface area (Å²) < 4.78 is 5.42. The number of carbonyl (C=O) groups excluding carboxylic acids is 1. The first kappa shape index (κ1) is 20.6. The van der Waals surface area contributed by atoms with Gasteiger partial charge in [0.2, 0.25) is 0 Å². The molecule has 148 valence electrons. The number of morpholine rings is 1. The van der Waals surface area contributed by atoms with Crippen molar-refractivity contribution in [3.05, 3.63) is 58.6 Å². The van der Waals surface area contributed by atoms with Gasteiger partial charge in [-0.05, 0) is 48.0 Å². The Balaban J connectivity index is 1.69. The molecular weight excluding hydrogens is 394 g/mol. The van der Waals surface area contributed by atoms with Gasteiger partial charge in [-0.2, -0.15) is 0 Å². The summed E-state index contributed by atoms with van der Waals surface area (Å²) in [6, 6.07) is 13.1. The Morgan fingerprint density at radius 1 is 1.14 bits per heavy atom. The van der Waals surface area contributed by atoms with Crippen LogP contribution in [0.2, 0.25) is 5.02 Å². The lowest BCUT2D eigenvalue weighted by molar-refractivity contribution is 0.0977. The SMILES string of the molecule is CC(C)c1ccc(C(=O)NC(=S)Nc2cccc(Cl)c2N2CCOCC2)cc1. The zero-order valence-corrected chi connectivity index (χ0v) is 17.6. The number of hydrogen-bond acceptors (Lipinski definition) is 4. The molecular formula is C21H24ClN3O2S. The summed E-state index contributed by atoms with van der Waals surface area (Å²) >= 11 is 11.8. The molecule has 3 rings (SSSR count). The van der Waals surface area contributed by atoms with Crippen molar-refractivity contribution in [2.45, 2.75) is 19.8 Å². The van der Waals surface area contributed by atoms with E-state index in [1.165, 1.54) is 5.56 Å². The van der Waals surface area contributed by atoms with E-state index in [-0.39, 0.29) is 11.0 Å². The van der Waals surface area contributed by atoms with Crippen molar-refractivity contribution < 1.29 is 9.53 Å². The molecule has 0 aromatic heterocycles. The molecule has 1 aliphatic heterocycles. The lowest BCUT2D eigenvalue weighted by atomic mass is 10.0. The standard InChI is InChI=1S/C21H24ClN3O2S/c1-14(2)15-6-8-16(9-7-15)20(26)24-21(28)23-18-5-3-4-17(22)19(18)25-10-12-27-13-11-25/h3-9,14H,10-13H2,1-2H3,(H2,23,24,26,28). The zero-order chi connectivity index (χ0) is 20.1. The zero-order valence-electron chi connectivity index (χ0n) is 16.0. The van der Waals surface area contributed by atoms with Gasteiger partial charge in [-0.25, -0.2) is 0 Å². The topological polar surface area (TPSA) is 53.6 Å². The molecule has 0 unspecified atom stereocenters. The lowest BCUT2D eigenvalue weighted by Crippen LogP contribution is -2.38. The Kier molecular flexibility index (Phi) is 6.88. The first-order valence-electron chi connectivity index (χ1n) is 9.29. The maximum absolute atomic E-state index is 12.5. The Hall–Kier alpha value is -2.15. The van der Waals surface area contributed by atoms with Gasteiger partial charge in [0, 0.05) is 18.7 Å². The Morgan fingerprint density at radius 2 is 1.82 bits per heavy atom. The first-order chi connectivity index (χ1) is 13.5. The van der Waals surface area contributed by atoms with E-state index in [1.807, 2.05) is 42.5 Å². The van der Waals surface area contributed by atoms with Crippen LogP contribution in [-0.4, -0.2) is 37.3 Å². The van der Waals surface area contributed by atoms with Gasteiger partial charge in [-0.3, -0.25) is 10.1 Å². The van der Waals surface area contributed by atoms with E-state index in [0.717, 1.165) is 24.5 Å². The number of rotatable bonds is 4. The highest BCUT2D eigenvalue weighted by Crippen LogP contribution is 2.34. The number of anilines is 2. The lowest BCUT2D eigenvalue weighted by Gasteiger charge is -2.31. The summed E-state index contributed by atoms with van der Waals surface area (Å²) in [7, 11) is 0. The average molecular weight is 418 g/mol. The molecule has 2 N–H and O–H groups in total. The summed E-state index contributed by atoms with van der Waals surface area (Å²) in [5, 5.41) is 6.71. The maximum Gasteiger partial charge on any atom is 0.257 e. The molecule has 1 saturated heterocycles. The smallest absolute Gasteiger partial charge is 0.257 e. The molecule has 0 radical (unpaired) electrons. The quantitative estimate of drug-likeness (QED) is 0.721. The van der Waals surface area contributed by atoms with Crippen LogP contribution in [0.1, 0.15) is 35.7 Å². The van der Waals surface area contributed by atoms with Crippen LogP contribution in [0.5, 0.6) is 0 Å². The molecule has 1 fully saturated rings. The van der Waals surface area contributed by atoms with Crippen molar-refractivity contribution in [2.24, 2.45) is 0 Å². The third kappa shape index (κ3) is 5.01. The van der Waals surface area contributed by atoms with Crippen LogP contribution in [0.3, 0.4) is 0 Å². The van der Waals surface area contributed by atoms with Gasteiger partial charge < -0.3 is 15.0 Å². The van der Waals surface area contributed by atoms with E-state index in [0.29, 0.717) is 29.7 Å². The highest BCUT2D eigenvalue weighted by Gasteiger charge is 2.19. The minimum absolute atomic E-state index is 0.231. The number of amides is 1. The normalized spacial score (nSPS) is 14.1. The van der Waals surface area contributed by atoms with Gasteiger partial charge in [-0.15, -0.1) is 0 Å². The summed E-state index contributed by atoms with van der Waals surface area (Å²) in [6.45, 7) is 7.03. The number of para-hydroxylation sites is 1. The second-order valence-electron chi connectivity index (χ2n) is 6.92. The van der Waals surface area contributed by atoms with Crippen LogP contribution in [-0.2, 0) is 4.74 Å². The summed E-state index contributed by atoms with van der Waals surface area (Å²) in [4.78, 5) is 14.6. The van der Waals surface area contributed by atoms with Crippen LogP contribution in [0.25, 0.3) is 0 Å². The Morgan fingerprint density at radius 3 is 2.46 bits per heavy atom. The fraction of sp³-hybridized carbons (Fsp3) is 0.333. The number of halogens is 1. The third-order valence-electron chi connectivity index (χ3n) is 4.63. The maximum atomic E-state index is 12.5. The number of ether oxygens (including phenoxy) is 1. The van der Waals surface area contributed by atoms with Crippen molar-refractivity contribution in [1.29, 1.82) is 0 Å². The molecule has 7 heteroatoms. The number of nitrogens with one attached hydrogen (secondary N) is 2. The van der Waals surface area contributed by atoms with Gasteiger partial charge in [0.15, 0.2) is 5.11 Å². The van der Waals surface area contributed by atoms with Crippen LogP contribution in [0, 0.1) is 0 Å². The number of benzene rings is 2. The molecule has 2 aromatic rings. The predicted molar refractivity (Wildman–Crippen MR) is 119 cm³/mol. The number of hydrogen-bond donors (Lipinski definition) is 2. The second kappa shape index (κ2) is 9.37. The fourth-order valence-electron chi connectivity index (χ4n) is 3.07. The van der Waals surface area contributed by atoms with Crippen molar-refractivity contribution in [1.82, 2.24) is 5.32 Å². The third-order valence-corrected chi connectivity index (χ3v) is 5.14. The highest BCUT2D eigenvalue weighted by molar-refractivity contribution is 7.80. The first-order valence-corrected chi connectivity index (χ1v) is 10.1. The Bertz CT molecular complexity index is 849. The molecule has 5 nitrogen and oxygen atoms in total. The van der Waals surface area contributed by atoms with Crippen LogP contribution < -0.4 is 15.5 Å². The van der Waals surface area contributed by atoms with Crippen molar-refractivity contribution in [2.75, 3.05) is 36.5 Å². The van der Waals surface area contributed by atoms with Crippen LogP contribution in [0.15, 0.2) is 42.5 Å². The molecule has 0 atom stereocenters. The monoisotopic (exact) mass is 417 g/mol. The molecule has 1 aliphatic rings. The molecule has 1 heterocycles. The van der Waals surface area contributed by atoms with Crippen molar-refractivity contribution >= 4 is 46.2 Å². The number of carbonyl (C=O) groups is 1. The number of nitrogens with zero attached hydrogens (tertiary/aromatic N) is 1. The van der Waals surface area contributed by atoms with Crippen LogP contribution in [0.4, 0.5) is 11.4 Å². The van der Waals surface area contributed by atoms with E-state index >= 15 is 0 Å².